The van der Waals surface area contributed by atoms with E-state index in [1.165, 1.54) is 6.20 Å². The third-order valence-electron chi connectivity index (χ3n) is 5.75. The summed E-state index contributed by atoms with van der Waals surface area (Å²) < 4.78 is 40.3. The molecule has 1 aliphatic heterocycles. The molecule has 35 heavy (non-hydrogen) atoms. The first kappa shape index (κ1) is 26.3. The van der Waals surface area contributed by atoms with Gasteiger partial charge in [0.15, 0.2) is 0 Å². The van der Waals surface area contributed by atoms with Crippen LogP contribution in [0.15, 0.2) is 36.9 Å². The van der Waals surface area contributed by atoms with Crippen molar-refractivity contribution in [3.63, 3.8) is 0 Å². The van der Waals surface area contributed by atoms with Crippen LogP contribution in [0.2, 0.25) is 0 Å². The largest absolute Gasteiger partial charge is 0.417 e. The number of rotatable bonds is 6. The van der Waals surface area contributed by atoms with Crippen molar-refractivity contribution in [2.24, 2.45) is 5.92 Å². The van der Waals surface area contributed by atoms with Crippen molar-refractivity contribution in [2.75, 3.05) is 22.6 Å². The molecular weight excluding hydrogens is 479 g/mol. The highest BCUT2D eigenvalue weighted by Gasteiger charge is 2.34. The molecule has 0 bridgehead atoms. The minimum Gasteiger partial charge on any atom is -0.366 e. The van der Waals surface area contributed by atoms with Gasteiger partial charge in [0, 0.05) is 43.8 Å². The van der Waals surface area contributed by atoms with Crippen LogP contribution >= 0.6 is 13.5 Å². The summed E-state index contributed by atoms with van der Waals surface area (Å²) in [5, 5.41) is 10.5. The van der Waals surface area contributed by atoms with Gasteiger partial charge in [0.25, 0.3) is 0 Å². The first-order chi connectivity index (χ1) is 16.0. The standard InChI is InChI=1S/C23H26F3N7O.H2S/c1-13(2)21-22(34)31-20-14(3)30-19(6-18(20)32(21)4)28-8-16-9-29-33(12-16)11-15-5-17(10-27-7-15)23(24,25)26;/h5-7,9-10,12-13,21H,8,11H2,1-4H3,(H,28,30)(H,31,34);1H2/t21-;/m0./s1. The maximum absolute atomic E-state index is 12.9. The maximum atomic E-state index is 12.9. The van der Waals surface area contributed by atoms with Gasteiger partial charge in [-0.25, -0.2) is 4.98 Å². The fraction of sp³-hybridized carbons (Fsp3) is 0.391. The molecule has 3 aromatic rings. The lowest BCUT2D eigenvalue weighted by atomic mass is 9.98. The summed E-state index contributed by atoms with van der Waals surface area (Å²) in [6.07, 6.45) is 1.18. The molecule has 4 heterocycles. The highest BCUT2D eigenvalue weighted by molar-refractivity contribution is 7.59. The Morgan fingerprint density at radius 2 is 1.91 bits per heavy atom. The second-order valence-corrected chi connectivity index (χ2v) is 8.76. The number of hydrogen-bond donors (Lipinski definition) is 2. The fourth-order valence-corrected chi connectivity index (χ4v) is 4.14. The maximum Gasteiger partial charge on any atom is 0.417 e. The van der Waals surface area contributed by atoms with Gasteiger partial charge >= 0.3 is 6.18 Å². The van der Waals surface area contributed by atoms with E-state index in [2.05, 4.69) is 25.7 Å². The van der Waals surface area contributed by atoms with E-state index in [1.54, 1.807) is 17.1 Å². The van der Waals surface area contributed by atoms with Gasteiger partial charge in [0.1, 0.15) is 11.9 Å². The minimum atomic E-state index is -4.44. The number of pyridine rings is 2. The Labute approximate surface area is 208 Å². The van der Waals surface area contributed by atoms with Crippen molar-refractivity contribution in [1.82, 2.24) is 19.7 Å². The van der Waals surface area contributed by atoms with Crippen molar-refractivity contribution >= 4 is 36.6 Å². The Hall–Kier alpha value is -3.28. The number of hydrogen-bond acceptors (Lipinski definition) is 6. The smallest absolute Gasteiger partial charge is 0.366 e. The van der Waals surface area contributed by atoms with E-state index in [0.29, 0.717) is 29.3 Å². The number of nitrogens with one attached hydrogen (secondary N) is 2. The van der Waals surface area contributed by atoms with Crippen LogP contribution in [0.25, 0.3) is 0 Å². The van der Waals surface area contributed by atoms with E-state index in [-0.39, 0.29) is 37.9 Å². The molecule has 0 fully saturated rings. The molecule has 0 aromatic carbocycles. The molecule has 0 radical (unpaired) electrons. The highest BCUT2D eigenvalue weighted by atomic mass is 32.1. The summed E-state index contributed by atoms with van der Waals surface area (Å²) in [7, 11) is 1.90. The summed E-state index contributed by atoms with van der Waals surface area (Å²) in [6, 6.07) is 2.70. The average molecular weight is 508 g/mol. The number of amides is 1. The highest BCUT2D eigenvalue weighted by Crippen LogP contribution is 2.36. The van der Waals surface area contributed by atoms with Crippen molar-refractivity contribution in [3.8, 4) is 0 Å². The number of likely N-dealkylation sites (N-methyl/N-ethyl adjacent to an activating group) is 1. The average Bonchev–Trinajstić information content (AvgIpc) is 3.20. The van der Waals surface area contributed by atoms with Gasteiger partial charge in [-0.3, -0.25) is 14.5 Å². The normalized spacial score (nSPS) is 15.5. The van der Waals surface area contributed by atoms with Crippen molar-refractivity contribution in [3.05, 3.63) is 59.3 Å². The van der Waals surface area contributed by atoms with E-state index >= 15 is 0 Å². The van der Waals surface area contributed by atoms with Gasteiger partial charge in [-0.15, -0.1) is 0 Å². The summed E-state index contributed by atoms with van der Waals surface area (Å²) in [6.45, 7) is 6.46. The number of anilines is 3. The molecule has 1 aliphatic rings. The first-order valence-corrected chi connectivity index (χ1v) is 10.8. The van der Waals surface area contributed by atoms with E-state index in [1.807, 2.05) is 38.8 Å². The number of fused-ring (bicyclic) bond motifs is 1. The Balaban J connectivity index is 0.00000342. The minimum absolute atomic E-state index is 0. The van der Waals surface area contributed by atoms with Crippen LogP contribution in [-0.4, -0.2) is 38.7 Å². The fourth-order valence-electron chi connectivity index (χ4n) is 4.14. The predicted molar refractivity (Wildman–Crippen MR) is 133 cm³/mol. The van der Waals surface area contributed by atoms with E-state index < -0.39 is 11.7 Å². The van der Waals surface area contributed by atoms with Gasteiger partial charge in [-0.1, -0.05) is 13.8 Å². The zero-order valence-electron chi connectivity index (χ0n) is 19.8. The van der Waals surface area contributed by atoms with Crippen LogP contribution in [0.5, 0.6) is 0 Å². The number of carbonyl (C=O) groups is 1. The van der Waals surface area contributed by atoms with Crippen LogP contribution in [0, 0.1) is 12.8 Å². The van der Waals surface area contributed by atoms with Gasteiger partial charge in [0.05, 0.1) is 35.4 Å². The Morgan fingerprint density at radius 3 is 2.60 bits per heavy atom. The molecular formula is C23H28F3N7OS. The topological polar surface area (TPSA) is 88.0 Å². The number of alkyl halides is 3. The molecule has 188 valence electrons. The van der Waals surface area contributed by atoms with Crippen LogP contribution in [0.3, 0.4) is 0 Å². The Kier molecular flexibility index (Phi) is 7.63. The summed E-state index contributed by atoms with van der Waals surface area (Å²) in [5.41, 5.74) is 2.77. The third-order valence-corrected chi connectivity index (χ3v) is 5.75. The molecule has 0 saturated carbocycles. The van der Waals surface area contributed by atoms with E-state index in [9.17, 15) is 18.0 Å². The molecule has 0 aliphatic carbocycles. The molecule has 0 unspecified atom stereocenters. The number of halogens is 3. The van der Waals surface area contributed by atoms with Gasteiger partial charge in [-0.2, -0.15) is 31.8 Å². The molecule has 1 amide bonds. The number of aryl methyl sites for hydroxylation is 1. The quantitative estimate of drug-likeness (QED) is 0.520. The molecule has 2 N–H and O–H groups in total. The zero-order valence-corrected chi connectivity index (χ0v) is 20.8. The predicted octanol–water partition coefficient (Wildman–Crippen LogP) is 4.19. The zero-order chi connectivity index (χ0) is 24.6. The number of aromatic nitrogens is 4. The molecule has 1 atom stereocenters. The summed E-state index contributed by atoms with van der Waals surface area (Å²) >= 11 is 0. The SMILES string of the molecule is Cc1nc(NCc2cnn(Cc3cncc(C(F)(F)F)c3)c2)cc2c1NC(=O)[C@H](C(C)C)N2C.S. The van der Waals surface area contributed by atoms with E-state index in [4.69, 9.17) is 0 Å². The van der Waals surface area contributed by atoms with Gasteiger partial charge in [0.2, 0.25) is 5.91 Å². The van der Waals surface area contributed by atoms with Crippen molar-refractivity contribution in [1.29, 1.82) is 0 Å². The number of nitrogens with zero attached hydrogens (tertiary/aromatic N) is 5. The van der Waals surface area contributed by atoms with Crippen molar-refractivity contribution in [2.45, 2.75) is 46.1 Å². The van der Waals surface area contributed by atoms with Crippen LogP contribution in [-0.2, 0) is 24.1 Å². The summed E-state index contributed by atoms with van der Waals surface area (Å²) in [5.74, 6) is 0.747. The second-order valence-electron chi connectivity index (χ2n) is 8.76. The molecule has 0 spiro atoms. The van der Waals surface area contributed by atoms with Gasteiger partial charge < -0.3 is 15.5 Å². The van der Waals surface area contributed by atoms with Crippen LogP contribution < -0.4 is 15.5 Å². The van der Waals surface area contributed by atoms with Crippen LogP contribution in [0.4, 0.5) is 30.4 Å². The van der Waals surface area contributed by atoms with Crippen molar-refractivity contribution < 1.29 is 18.0 Å². The van der Waals surface area contributed by atoms with E-state index in [0.717, 1.165) is 23.5 Å². The molecule has 8 nitrogen and oxygen atoms in total. The molecule has 4 rings (SSSR count). The molecule has 0 saturated heterocycles. The van der Waals surface area contributed by atoms with Crippen LogP contribution in [0.1, 0.15) is 36.2 Å². The molecule has 3 aromatic heterocycles. The second kappa shape index (κ2) is 10.1. The monoisotopic (exact) mass is 507 g/mol. The Morgan fingerprint density at radius 1 is 1.17 bits per heavy atom. The lowest BCUT2D eigenvalue weighted by molar-refractivity contribution is -0.137. The Bertz CT molecular complexity index is 1210. The number of carbonyl (C=O) groups excluding carboxylic acids is 1. The lowest BCUT2D eigenvalue weighted by Crippen LogP contribution is -2.49. The summed E-state index contributed by atoms with van der Waals surface area (Å²) in [4.78, 5) is 22.7. The lowest BCUT2D eigenvalue weighted by Gasteiger charge is -2.38. The first-order valence-electron chi connectivity index (χ1n) is 10.8. The third kappa shape index (κ3) is 5.69. The van der Waals surface area contributed by atoms with Gasteiger partial charge in [-0.05, 0) is 24.5 Å². The molecule has 12 heteroatoms.